The standard InChI is InChI=1S/C30H44N4O7/c1-31(2)25-7-9-27-23(19-25)21-33(29(35)37-5)11-13-39-15-17-41-18-16-40-14-12-34(30(36)38-6)22-24-20-26(32(3)4)8-10-28(24)27/h7-10,19-20H,11-18,21-22H2,1-6H3. The van der Waals surface area contributed by atoms with Gasteiger partial charge in [0.1, 0.15) is 0 Å². The molecule has 0 fully saturated rings. The molecule has 3 rings (SSSR count). The van der Waals surface area contributed by atoms with Crippen LogP contribution >= 0.6 is 0 Å². The lowest BCUT2D eigenvalue weighted by Gasteiger charge is -2.27. The molecule has 11 nitrogen and oxygen atoms in total. The van der Waals surface area contributed by atoms with E-state index in [4.69, 9.17) is 23.7 Å². The number of anilines is 2. The van der Waals surface area contributed by atoms with Crippen LogP contribution in [0.25, 0.3) is 11.1 Å². The van der Waals surface area contributed by atoms with Crippen molar-refractivity contribution in [2.24, 2.45) is 0 Å². The molecule has 0 N–H and O–H groups in total. The van der Waals surface area contributed by atoms with Crippen molar-refractivity contribution < 1.29 is 33.3 Å². The highest BCUT2D eigenvalue weighted by Gasteiger charge is 2.22. The van der Waals surface area contributed by atoms with Gasteiger partial charge in [-0.2, -0.15) is 0 Å². The maximum Gasteiger partial charge on any atom is 0.409 e. The van der Waals surface area contributed by atoms with Crippen LogP contribution in [-0.2, 0) is 36.8 Å². The highest BCUT2D eigenvalue weighted by atomic mass is 16.6. The average molecular weight is 573 g/mol. The van der Waals surface area contributed by atoms with Gasteiger partial charge in [-0.1, -0.05) is 12.1 Å². The summed E-state index contributed by atoms with van der Waals surface area (Å²) in [6.45, 7) is 3.63. The number of benzene rings is 2. The molecule has 11 heteroatoms. The average Bonchev–Trinajstić information content (AvgIpc) is 2.97. The van der Waals surface area contributed by atoms with E-state index in [9.17, 15) is 9.59 Å². The summed E-state index contributed by atoms with van der Waals surface area (Å²) in [6, 6.07) is 12.4. The monoisotopic (exact) mass is 572 g/mol. The van der Waals surface area contributed by atoms with E-state index in [1.54, 1.807) is 9.80 Å². The van der Waals surface area contributed by atoms with Crippen LogP contribution < -0.4 is 9.80 Å². The van der Waals surface area contributed by atoms with Gasteiger partial charge in [0.25, 0.3) is 0 Å². The molecular formula is C30H44N4O7. The topological polar surface area (TPSA) is 93.2 Å². The van der Waals surface area contributed by atoms with Crippen LogP contribution in [0.3, 0.4) is 0 Å². The summed E-state index contributed by atoms with van der Waals surface area (Å²) in [5.74, 6) is 0. The second-order valence-electron chi connectivity index (χ2n) is 10.1. The Hall–Kier alpha value is -3.54. The number of methoxy groups -OCH3 is 2. The second-order valence-corrected chi connectivity index (χ2v) is 10.1. The van der Waals surface area contributed by atoms with Gasteiger partial charge in [-0.25, -0.2) is 9.59 Å². The van der Waals surface area contributed by atoms with Crippen molar-refractivity contribution in [3.05, 3.63) is 47.5 Å². The van der Waals surface area contributed by atoms with E-state index in [1.165, 1.54) is 14.2 Å². The van der Waals surface area contributed by atoms with E-state index in [2.05, 4.69) is 36.4 Å². The van der Waals surface area contributed by atoms with Crippen molar-refractivity contribution in [3.63, 3.8) is 0 Å². The van der Waals surface area contributed by atoms with E-state index in [1.807, 2.05) is 38.0 Å². The van der Waals surface area contributed by atoms with E-state index < -0.39 is 12.2 Å². The van der Waals surface area contributed by atoms with E-state index in [-0.39, 0.29) is 0 Å². The minimum Gasteiger partial charge on any atom is -0.453 e. The van der Waals surface area contributed by atoms with Crippen LogP contribution in [0.15, 0.2) is 36.4 Å². The molecule has 1 aliphatic heterocycles. The number of ether oxygens (including phenoxy) is 5. The highest BCUT2D eigenvalue weighted by Crippen LogP contribution is 2.34. The molecule has 0 spiro atoms. The molecule has 0 aromatic heterocycles. The zero-order valence-corrected chi connectivity index (χ0v) is 25.2. The van der Waals surface area contributed by atoms with Crippen LogP contribution in [0.5, 0.6) is 0 Å². The van der Waals surface area contributed by atoms with Gasteiger partial charge in [0.05, 0.1) is 53.9 Å². The van der Waals surface area contributed by atoms with Gasteiger partial charge >= 0.3 is 12.2 Å². The number of fused-ring (bicyclic) bond motifs is 3. The Kier molecular flexibility index (Phi) is 12.5. The van der Waals surface area contributed by atoms with Gasteiger partial charge in [0, 0.05) is 65.7 Å². The van der Waals surface area contributed by atoms with E-state index in [0.717, 1.165) is 33.6 Å². The molecule has 2 aromatic rings. The third-order valence-corrected chi connectivity index (χ3v) is 6.84. The molecule has 0 saturated heterocycles. The molecule has 0 saturated carbocycles. The maximum absolute atomic E-state index is 12.8. The van der Waals surface area contributed by atoms with Crippen LogP contribution in [0.1, 0.15) is 11.1 Å². The lowest BCUT2D eigenvalue weighted by molar-refractivity contribution is 0.00667. The van der Waals surface area contributed by atoms with Gasteiger partial charge < -0.3 is 43.3 Å². The van der Waals surface area contributed by atoms with Crippen LogP contribution in [0, 0.1) is 0 Å². The van der Waals surface area contributed by atoms with Gasteiger partial charge in [-0.05, 0) is 46.5 Å². The van der Waals surface area contributed by atoms with Crippen LogP contribution in [-0.4, -0.2) is 117 Å². The lowest BCUT2D eigenvalue weighted by Crippen LogP contribution is -2.34. The number of amides is 2. The summed E-state index contributed by atoms with van der Waals surface area (Å²) in [7, 11) is 10.7. The zero-order chi connectivity index (χ0) is 29.8. The maximum atomic E-state index is 12.8. The van der Waals surface area contributed by atoms with Crippen molar-refractivity contribution in [1.82, 2.24) is 9.80 Å². The first kappa shape index (κ1) is 32.0. The largest absolute Gasteiger partial charge is 0.453 e. The third kappa shape index (κ3) is 9.24. The Morgan fingerprint density at radius 1 is 0.634 bits per heavy atom. The number of rotatable bonds is 2. The van der Waals surface area contributed by atoms with E-state index >= 15 is 0 Å². The normalized spacial score (nSPS) is 15.9. The fourth-order valence-electron chi connectivity index (χ4n) is 4.53. The van der Waals surface area contributed by atoms with Crippen LogP contribution in [0.2, 0.25) is 0 Å². The molecule has 2 aromatic carbocycles. The van der Waals surface area contributed by atoms with Crippen molar-refractivity contribution in [1.29, 1.82) is 0 Å². The molecule has 0 bridgehead atoms. The third-order valence-electron chi connectivity index (χ3n) is 6.84. The SMILES string of the molecule is COC(=O)N1CCOCCOCCOCCN(C(=O)OC)Cc2cc(N(C)C)ccc2-c2ccc(N(C)C)cc2C1. The number of hydrogen-bond acceptors (Lipinski definition) is 9. The zero-order valence-electron chi connectivity index (χ0n) is 25.2. The predicted molar refractivity (Wildman–Crippen MR) is 159 cm³/mol. The summed E-state index contributed by atoms with van der Waals surface area (Å²) in [6.07, 6.45) is -0.872. The summed E-state index contributed by atoms with van der Waals surface area (Å²) in [5, 5.41) is 0. The first-order chi connectivity index (χ1) is 19.7. The number of nitrogens with zero attached hydrogens (tertiary/aromatic N) is 4. The van der Waals surface area contributed by atoms with Gasteiger partial charge in [0.15, 0.2) is 0 Å². The molecule has 2 amide bonds. The fraction of sp³-hybridized carbons (Fsp3) is 0.533. The first-order valence-corrected chi connectivity index (χ1v) is 13.7. The quantitative estimate of drug-likeness (QED) is 0.534. The molecule has 1 heterocycles. The molecular weight excluding hydrogens is 528 g/mol. The van der Waals surface area contributed by atoms with Crippen molar-refractivity contribution in [2.45, 2.75) is 13.1 Å². The molecule has 0 unspecified atom stereocenters. The Labute approximate surface area is 243 Å². The van der Waals surface area contributed by atoms with Crippen molar-refractivity contribution in [3.8, 4) is 11.1 Å². The Bertz CT molecular complexity index is 1050. The number of carbonyl (C=O) groups is 2. The molecule has 226 valence electrons. The van der Waals surface area contributed by atoms with Gasteiger partial charge in [-0.3, -0.25) is 0 Å². The molecule has 0 aliphatic carbocycles. The highest BCUT2D eigenvalue weighted by molar-refractivity contribution is 5.77. The Balaban J connectivity index is 2.13. The predicted octanol–water partition coefficient (Wildman–Crippen LogP) is 3.69. The smallest absolute Gasteiger partial charge is 0.409 e. The van der Waals surface area contributed by atoms with Gasteiger partial charge in [-0.15, -0.1) is 0 Å². The first-order valence-electron chi connectivity index (χ1n) is 13.7. The Morgan fingerprint density at radius 3 is 1.34 bits per heavy atom. The minimum atomic E-state index is -0.436. The molecule has 41 heavy (non-hydrogen) atoms. The van der Waals surface area contributed by atoms with E-state index in [0.29, 0.717) is 65.8 Å². The summed E-state index contributed by atoms with van der Waals surface area (Å²) in [5.41, 5.74) is 5.79. The summed E-state index contributed by atoms with van der Waals surface area (Å²) >= 11 is 0. The minimum absolute atomic E-state index is 0.312. The fourth-order valence-corrected chi connectivity index (χ4v) is 4.53. The second kappa shape index (κ2) is 16.0. The van der Waals surface area contributed by atoms with Crippen LogP contribution in [0.4, 0.5) is 21.0 Å². The summed E-state index contributed by atoms with van der Waals surface area (Å²) < 4.78 is 27.3. The number of carbonyl (C=O) groups excluding carboxylic acids is 2. The molecule has 0 atom stereocenters. The molecule has 1 aliphatic rings. The molecule has 0 radical (unpaired) electrons. The van der Waals surface area contributed by atoms with Crippen molar-refractivity contribution in [2.75, 3.05) is 105 Å². The van der Waals surface area contributed by atoms with Crippen molar-refractivity contribution >= 4 is 23.6 Å². The summed E-state index contributed by atoms with van der Waals surface area (Å²) in [4.78, 5) is 32.9. The lowest BCUT2D eigenvalue weighted by atomic mass is 9.93. The van der Waals surface area contributed by atoms with Gasteiger partial charge in [0.2, 0.25) is 0 Å². The Morgan fingerprint density at radius 2 is 1.00 bits per heavy atom. The number of hydrogen-bond donors (Lipinski definition) is 0.